The molecule has 2 atom stereocenters. The Morgan fingerprint density at radius 2 is 2.20 bits per heavy atom. The molecule has 6 nitrogen and oxygen atoms in total. The smallest absolute Gasteiger partial charge is 0.328 e. The van der Waals surface area contributed by atoms with Gasteiger partial charge in [0.2, 0.25) is 0 Å². The van der Waals surface area contributed by atoms with Crippen LogP contribution in [0.2, 0.25) is 0 Å². The van der Waals surface area contributed by atoms with Crippen LogP contribution < -0.4 is 10.6 Å². The van der Waals surface area contributed by atoms with Crippen LogP contribution in [0.5, 0.6) is 0 Å². The van der Waals surface area contributed by atoms with Crippen molar-refractivity contribution in [1.82, 2.24) is 10.6 Å². The number of carbonyl (C=O) groups excluding carboxylic acids is 1. The van der Waals surface area contributed by atoms with E-state index in [1.165, 1.54) is 18.2 Å². The van der Waals surface area contributed by atoms with E-state index >= 15 is 0 Å². The minimum absolute atomic E-state index is 0.0605. The molecule has 0 saturated carbocycles. The number of nitrogens with one attached hydrogen (secondary N) is 2. The minimum atomic E-state index is -1.11. The van der Waals surface area contributed by atoms with Gasteiger partial charge in [0.05, 0.1) is 6.61 Å². The summed E-state index contributed by atoms with van der Waals surface area (Å²) in [7, 11) is 1.39. The highest BCUT2D eigenvalue weighted by atomic mass is 16.5. The van der Waals surface area contributed by atoms with Gasteiger partial charge in [-0.3, -0.25) is 0 Å². The van der Waals surface area contributed by atoms with Crippen molar-refractivity contribution in [1.29, 1.82) is 0 Å². The van der Waals surface area contributed by atoms with E-state index in [9.17, 15) is 9.59 Å². The zero-order chi connectivity index (χ0) is 14.5. The predicted octanol–water partition coefficient (Wildman–Crippen LogP) is 0.725. The van der Waals surface area contributed by atoms with Gasteiger partial charge in [0.1, 0.15) is 0 Å². The maximum atomic E-state index is 11.6. The first-order valence-electron chi connectivity index (χ1n) is 6.45. The molecule has 108 valence electrons. The Hall–Kier alpha value is -2.08. The summed E-state index contributed by atoms with van der Waals surface area (Å²) in [6.45, 7) is 0.442. The fourth-order valence-electron chi connectivity index (χ4n) is 2.31. The molecule has 0 aromatic heterocycles. The second-order valence-electron chi connectivity index (χ2n) is 4.80. The van der Waals surface area contributed by atoms with Crippen molar-refractivity contribution in [3.63, 3.8) is 0 Å². The number of hydrogen-bond acceptors (Lipinski definition) is 3. The van der Waals surface area contributed by atoms with E-state index in [1.807, 2.05) is 18.2 Å². The second-order valence-corrected chi connectivity index (χ2v) is 4.80. The summed E-state index contributed by atoms with van der Waals surface area (Å²) in [5.41, 5.74) is 2.56. The van der Waals surface area contributed by atoms with Crippen LogP contribution in [-0.4, -0.2) is 43.4 Å². The van der Waals surface area contributed by atoms with E-state index in [4.69, 9.17) is 9.84 Å². The molecule has 0 bridgehead atoms. The van der Waals surface area contributed by atoms with E-state index < -0.39 is 18.0 Å². The highest BCUT2D eigenvalue weighted by Gasteiger charge is 2.26. The minimum Gasteiger partial charge on any atom is -0.480 e. The molecule has 6 heteroatoms. The summed E-state index contributed by atoms with van der Waals surface area (Å²) < 4.78 is 4.75. The molecule has 1 aromatic carbocycles. The van der Waals surface area contributed by atoms with Gasteiger partial charge in [0.25, 0.3) is 0 Å². The monoisotopic (exact) mass is 278 g/mol. The summed E-state index contributed by atoms with van der Waals surface area (Å²) in [5.74, 6) is -0.807. The van der Waals surface area contributed by atoms with Crippen molar-refractivity contribution in [3.05, 3.63) is 35.4 Å². The van der Waals surface area contributed by atoms with E-state index in [1.54, 1.807) is 0 Å². The zero-order valence-electron chi connectivity index (χ0n) is 11.3. The van der Waals surface area contributed by atoms with Crippen molar-refractivity contribution in [3.8, 4) is 0 Å². The third-order valence-electron chi connectivity index (χ3n) is 3.41. The van der Waals surface area contributed by atoms with Crippen LogP contribution >= 0.6 is 0 Å². The van der Waals surface area contributed by atoms with Gasteiger partial charge in [-0.1, -0.05) is 24.3 Å². The summed E-state index contributed by atoms with van der Waals surface area (Å²) in [6.07, 6.45) is 0.941. The number of carbonyl (C=O) groups is 2. The van der Waals surface area contributed by atoms with Gasteiger partial charge in [-0.25, -0.2) is 9.59 Å². The number of fused-ring (bicyclic) bond motifs is 1. The third kappa shape index (κ3) is 3.27. The number of urea groups is 1. The third-order valence-corrected chi connectivity index (χ3v) is 3.41. The topological polar surface area (TPSA) is 87.7 Å². The molecule has 20 heavy (non-hydrogen) atoms. The molecule has 2 rings (SSSR count). The van der Waals surface area contributed by atoms with Crippen molar-refractivity contribution in [2.75, 3.05) is 20.3 Å². The molecule has 0 heterocycles. The Morgan fingerprint density at radius 3 is 2.85 bits per heavy atom. The fraction of sp³-hybridized carbons (Fsp3) is 0.429. The largest absolute Gasteiger partial charge is 0.480 e. The lowest BCUT2D eigenvalue weighted by Crippen LogP contribution is -2.49. The van der Waals surface area contributed by atoms with Crippen LogP contribution in [0.4, 0.5) is 4.79 Å². The number of ether oxygens (including phenoxy) is 1. The molecule has 3 N–H and O–H groups in total. The van der Waals surface area contributed by atoms with E-state index in [0.29, 0.717) is 12.5 Å². The van der Waals surface area contributed by atoms with Crippen molar-refractivity contribution in [2.24, 2.45) is 0 Å². The van der Waals surface area contributed by atoms with E-state index in [2.05, 4.69) is 16.7 Å². The Labute approximate surface area is 117 Å². The van der Waals surface area contributed by atoms with Crippen LogP contribution in [0, 0.1) is 0 Å². The molecular formula is C14H18N2O4. The quantitative estimate of drug-likeness (QED) is 0.715. The molecule has 0 saturated heterocycles. The van der Waals surface area contributed by atoms with Gasteiger partial charge in [-0.15, -0.1) is 0 Å². The standard InChI is InChI=1S/C14H18N2O4/c1-20-8-12(13(17)18)16-14(19)15-7-10-6-9-4-2-3-5-11(9)10/h2-5,10,12H,6-8H2,1H3,(H,17,18)(H2,15,16,19). The molecule has 0 spiro atoms. The summed E-state index contributed by atoms with van der Waals surface area (Å²) >= 11 is 0. The summed E-state index contributed by atoms with van der Waals surface area (Å²) in [5, 5.41) is 14.0. The lowest BCUT2D eigenvalue weighted by atomic mass is 9.78. The number of methoxy groups -OCH3 is 1. The normalized spacial score (nSPS) is 17.6. The molecule has 2 amide bonds. The van der Waals surface area contributed by atoms with E-state index in [0.717, 1.165) is 6.42 Å². The maximum absolute atomic E-state index is 11.6. The average Bonchev–Trinajstić information content (AvgIpc) is 2.39. The predicted molar refractivity (Wildman–Crippen MR) is 72.7 cm³/mol. The molecule has 0 aliphatic heterocycles. The first-order chi connectivity index (χ1) is 9.61. The number of aliphatic carboxylic acids is 1. The number of carboxylic acid groups (broad SMARTS) is 1. The molecule has 0 radical (unpaired) electrons. The summed E-state index contributed by atoms with van der Waals surface area (Å²) in [6, 6.07) is 6.58. The Balaban J connectivity index is 1.78. The maximum Gasteiger partial charge on any atom is 0.328 e. The molecule has 1 aromatic rings. The van der Waals surface area contributed by atoms with E-state index in [-0.39, 0.29) is 6.61 Å². The SMILES string of the molecule is COCC(NC(=O)NCC1Cc2ccccc21)C(=O)O. The molecule has 1 aliphatic carbocycles. The number of hydrogen-bond donors (Lipinski definition) is 3. The van der Waals surface area contributed by atoms with Gasteiger partial charge < -0.3 is 20.5 Å². The Morgan fingerprint density at radius 1 is 1.45 bits per heavy atom. The molecule has 0 fully saturated rings. The molecule has 1 aliphatic rings. The highest BCUT2D eigenvalue weighted by molar-refractivity contribution is 5.82. The van der Waals surface area contributed by atoms with Crippen molar-refractivity contribution < 1.29 is 19.4 Å². The van der Waals surface area contributed by atoms with Gasteiger partial charge in [0.15, 0.2) is 6.04 Å². The fourth-order valence-corrected chi connectivity index (χ4v) is 2.31. The van der Waals surface area contributed by atoms with Crippen molar-refractivity contribution >= 4 is 12.0 Å². The molecule has 2 unspecified atom stereocenters. The summed E-state index contributed by atoms with van der Waals surface area (Å²) in [4.78, 5) is 22.5. The van der Waals surface area contributed by atoms with Gasteiger partial charge in [-0.05, 0) is 17.5 Å². The second kappa shape index (κ2) is 6.38. The number of rotatable bonds is 6. The van der Waals surface area contributed by atoms with Gasteiger partial charge in [0, 0.05) is 19.6 Å². The first kappa shape index (κ1) is 14.3. The zero-order valence-corrected chi connectivity index (χ0v) is 11.3. The number of carboxylic acids is 1. The van der Waals surface area contributed by atoms with Gasteiger partial charge >= 0.3 is 12.0 Å². The number of benzene rings is 1. The van der Waals surface area contributed by atoms with Gasteiger partial charge in [-0.2, -0.15) is 0 Å². The number of amides is 2. The highest BCUT2D eigenvalue weighted by Crippen LogP contribution is 2.33. The Kier molecular flexibility index (Phi) is 4.57. The van der Waals surface area contributed by atoms with Crippen LogP contribution in [-0.2, 0) is 16.0 Å². The lowest BCUT2D eigenvalue weighted by Gasteiger charge is -2.30. The first-order valence-corrected chi connectivity index (χ1v) is 6.45. The van der Waals surface area contributed by atoms with Crippen LogP contribution in [0.15, 0.2) is 24.3 Å². The molecular weight excluding hydrogens is 260 g/mol. The van der Waals surface area contributed by atoms with Crippen LogP contribution in [0.25, 0.3) is 0 Å². The van der Waals surface area contributed by atoms with Crippen LogP contribution in [0.3, 0.4) is 0 Å². The lowest BCUT2D eigenvalue weighted by molar-refractivity contribution is -0.140. The average molecular weight is 278 g/mol. The van der Waals surface area contributed by atoms with Crippen molar-refractivity contribution in [2.45, 2.75) is 18.4 Å². The Bertz CT molecular complexity index is 504. The van der Waals surface area contributed by atoms with Crippen LogP contribution in [0.1, 0.15) is 17.0 Å².